The van der Waals surface area contributed by atoms with Gasteiger partial charge in [-0.1, -0.05) is 13.8 Å². The van der Waals surface area contributed by atoms with Crippen molar-refractivity contribution in [3.63, 3.8) is 0 Å². The lowest BCUT2D eigenvalue weighted by atomic mass is 10.1. The van der Waals surface area contributed by atoms with Crippen LogP contribution in [0.25, 0.3) is 0 Å². The first-order chi connectivity index (χ1) is 9.77. The molecule has 122 valence electrons. The van der Waals surface area contributed by atoms with Crippen molar-refractivity contribution in [2.24, 2.45) is 11.7 Å². The predicted octanol–water partition coefficient (Wildman–Crippen LogP) is 0.0191. The molecule has 4 N–H and O–H groups in total. The number of rotatable bonds is 10. The lowest BCUT2D eigenvalue weighted by Crippen LogP contribution is -2.51. The number of hydrogen-bond acceptors (Lipinski definition) is 4. The van der Waals surface area contributed by atoms with Crippen LogP contribution in [0.15, 0.2) is 0 Å². The summed E-state index contributed by atoms with van der Waals surface area (Å²) in [6, 6.07) is -1.62. The third-order valence-corrected chi connectivity index (χ3v) is 2.66. The van der Waals surface area contributed by atoms with E-state index in [2.05, 4.69) is 5.32 Å². The molecule has 0 spiro atoms. The molecule has 8 nitrogen and oxygen atoms in total. The topological polar surface area (TPSA) is 122 Å². The second kappa shape index (κ2) is 9.98. The molecule has 1 atom stereocenters. The fraction of sp³-hybridized carbons (Fsp3) is 0.769. The van der Waals surface area contributed by atoms with Gasteiger partial charge < -0.3 is 25.8 Å². The largest absolute Gasteiger partial charge is 0.480 e. The van der Waals surface area contributed by atoms with E-state index < -0.39 is 23.9 Å². The summed E-state index contributed by atoms with van der Waals surface area (Å²) in [4.78, 5) is 35.4. The van der Waals surface area contributed by atoms with Crippen LogP contribution in [0.5, 0.6) is 0 Å². The Hall–Kier alpha value is -1.83. The molecule has 0 saturated heterocycles. The van der Waals surface area contributed by atoms with Crippen LogP contribution in [0.1, 0.15) is 26.7 Å². The number of methoxy groups -OCH3 is 1. The Morgan fingerprint density at radius 2 is 1.95 bits per heavy atom. The fourth-order valence-corrected chi connectivity index (χ4v) is 1.78. The summed E-state index contributed by atoms with van der Waals surface area (Å²) in [5.74, 6) is -1.63. The minimum atomic E-state index is -1.12. The number of carbonyl (C=O) groups excluding carboxylic acids is 2. The fourth-order valence-electron chi connectivity index (χ4n) is 1.78. The third-order valence-electron chi connectivity index (χ3n) is 2.66. The first-order valence-corrected chi connectivity index (χ1v) is 6.83. The zero-order valence-corrected chi connectivity index (χ0v) is 12.8. The van der Waals surface area contributed by atoms with E-state index in [1.807, 2.05) is 13.8 Å². The molecule has 0 bridgehead atoms. The van der Waals surface area contributed by atoms with Crippen molar-refractivity contribution >= 4 is 17.9 Å². The third kappa shape index (κ3) is 8.85. The van der Waals surface area contributed by atoms with Gasteiger partial charge in [-0.15, -0.1) is 0 Å². The summed E-state index contributed by atoms with van der Waals surface area (Å²) >= 11 is 0. The molecule has 0 aromatic heterocycles. The Kier molecular flexibility index (Phi) is 9.11. The van der Waals surface area contributed by atoms with Gasteiger partial charge in [-0.3, -0.25) is 4.79 Å². The van der Waals surface area contributed by atoms with Crippen LogP contribution in [0.4, 0.5) is 4.79 Å². The Morgan fingerprint density at radius 3 is 2.38 bits per heavy atom. The van der Waals surface area contributed by atoms with Crippen molar-refractivity contribution in [1.82, 2.24) is 10.2 Å². The van der Waals surface area contributed by atoms with Gasteiger partial charge in [0.05, 0.1) is 0 Å². The number of carbonyl (C=O) groups is 3. The minimum Gasteiger partial charge on any atom is -0.480 e. The van der Waals surface area contributed by atoms with E-state index in [4.69, 9.17) is 15.6 Å². The van der Waals surface area contributed by atoms with Gasteiger partial charge in [-0.05, 0) is 18.8 Å². The number of nitrogens with zero attached hydrogens (tertiary/aromatic N) is 1. The van der Waals surface area contributed by atoms with Crippen molar-refractivity contribution in [1.29, 1.82) is 0 Å². The average Bonchev–Trinajstić information content (AvgIpc) is 2.35. The summed E-state index contributed by atoms with van der Waals surface area (Å²) in [6.45, 7) is 4.26. The second-order valence-corrected chi connectivity index (χ2v) is 5.22. The van der Waals surface area contributed by atoms with Crippen molar-refractivity contribution < 1.29 is 24.2 Å². The van der Waals surface area contributed by atoms with Gasteiger partial charge in [0.25, 0.3) is 0 Å². The molecule has 0 fully saturated rings. The maximum atomic E-state index is 12.1. The second-order valence-electron chi connectivity index (χ2n) is 5.22. The number of urea groups is 1. The smallest absolute Gasteiger partial charge is 0.326 e. The minimum absolute atomic E-state index is 0.131. The molecule has 0 aliphatic carbocycles. The standard InChI is InChI=1S/C13H25N3O5/c1-9(2)7-16(8-11(14)17)13(20)15-10(12(18)19)5-4-6-21-3/h9-10H,4-8H2,1-3H3,(H2,14,17)(H,15,20)(H,18,19). The van der Waals surface area contributed by atoms with Crippen molar-refractivity contribution in [3.05, 3.63) is 0 Å². The maximum Gasteiger partial charge on any atom is 0.326 e. The van der Waals surface area contributed by atoms with Crippen LogP contribution in [0, 0.1) is 5.92 Å². The Balaban J connectivity index is 4.65. The summed E-state index contributed by atoms with van der Waals surface area (Å²) in [6.07, 6.45) is 0.759. The van der Waals surface area contributed by atoms with Gasteiger partial charge in [-0.2, -0.15) is 0 Å². The normalized spacial score (nSPS) is 12.0. The number of carboxylic acid groups (broad SMARTS) is 1. The van der Waals surface area contributed by atoms with Gasteiger partial charge in [0.15, 0.2) is 0 Å². The van der Waals surface area contributed by atoms with E-state index in [9.17, 15) is 14.4 Å². The molecular weight excluding hydrogens is 278 g/mol. The van der Waals surface area contributed by atoms with Crippen LogP contribution in [-0.2, 0) is 14.3 Å². The summed E-state index contributed by atoms with van der Waals surface area (Å²) < 4.78 is 4.85. The molecule has 1 unspecified atom stereocenters. The Bertz CT molecular complexity index is 360. The first kappa shape index (κ1) is 19.2. The lowest BCUT2D eigenvalue weighted by Gasteiger charge is -2.25. The highest BCUT2D eigenvalue weighted by molar-refractivity contribution is 5.86. The van der Waals surface area contributed by atoms with E-state index >= 15 is 0 Å². The van der Waals surface area contributed by atoms with Gasteiger partial charge in [-0.25, -0.2) is 9.59 Å². The SMILES string of the molecule is COCCCC(NC(=O)N(CC(N)=O)CC(C)C)C(=O)O. The van der Waals surface area contributed by atoms with Crippen molar-refractivity contribution in [2.75, 3.05) is 26.8 Å². The summed E-state index contributed by atoms with van der Waals surface area (Å²) in [5.41, 5.74) is 5.10. The van der Waals surface area contributed by atoms with Crippen molar-refractivity contribution in [3.8, 4) is 0 Å². The highest BCUT2D eigenvalue weighted by Crippen LogP contribution is 2.03. The number of nitrogens with two attached hydrogens (primary N) is 1. The average molecular weight is 303 g/mol. The summed E-state index contributed by atoms with van der Waals surface area (Å²) in [7, 11) is 1.52. The highest BCUT2D eigenvalue weighted by Gasteiger charge is 2.24. The number of aliphatic carboxylic acids is 1. The van der Waals surface area contributed by atoms with E-state index in [1.54, 1.807) is 0 Å². The Labute approximate surface area is 124 Å². The molecule has 0 rings (SSSR count). The van der Waals surface area contributed by atoms with E-state index in [0.29, 0.717) is 19.6 Å². The number of ether oxygens (including phenoxy) is 1. The van der Waals surface area contributed by atoms with Crippen LogP contribution in [0.3, 0.4) is 0 Å². The molecule has 0 saturated carbocycles. The molecule has 0 heterocycles. The molecule has 0 aromatic rings. The van der Waals surface area contributed by atoms with E-state index in [0.717, 1.165) is 0 Å². The van der Waals surface area contributed by atoms with Gasteiger partial charge in [0, 0.05) is 20.3 Å². The molecule has 21 heavy (non-hydrogen) atoms. The number of hydrogen-bond donors (Lipinski definition) is 3. The van der Waals surface area contributed by atoms with Crippen LogP contribution in [0.2, 0.25) is 0 Å². The highest BCUT2D eigenvalue weighted by atomic mass is 16.5. The van der Waals surface area contributed by atoms with E-state index in [-0.39, 0.29) is 18.9 Å². The number of carboxylic acids is 1. The molecule has 0 aliphatic heterocycles. The Morgan fingerprint density at radius 1 is 1.33 bits per heavy atom. The lowest BCUT2D eigenvalue weighted by molar-refractivity contribution is -0.139. The maximum absolute atomic E-state index is 12.1. The molecule has 0 aliphatic rings. The number of amides is 3. The van der Waals surface area contributed by atoms with Crippen LogP contribution in [-0.4, -0.2) is 60.8 Å². The quantitative estimate of drug-likeness (QED) is 0.491. The molecule has 0 radical (unpaired) electrons. The van der Waals surface area contributed by atoms with E-state index in [1.165, 1.54) is 12.0 Å². The zero-order valence-electron chi connectivity index (χ0n) is 12.8. The van der Waals surface area contributed by atoms with Crippen LogP contribution >= 0.6 is 0 Å². The monoisotopic (exact) mass is 303 g/mol. The first-order valence-electron chi connectivity index (χ1n) is 6.83. The zero-order chi connectivity index (χ0) is 16.4. The van der Waals surface area contributed by atoms with Crippen LogP contribution < -0.4 is 11.1 Å². The molecule has 0 aromatic carbocycles. The van der Waals surface area contributed by atoms with Gasteiger partial charge in [0.1, 0.15) is 12.6 Å². The number of nitrogens with one attached hydrogen (secondary N) is 1. The number of primary amides is 1. The molecular formula is C13H25N3O5. The molecule has 8 heteroatoms. The van der Waals surface area contributed by atoms with Crippen molar-refractivity contribution in [2.45, 2.75) is 32.7 Å². The molecule has 3 amide bonds. The van der Waals surface area contributed by atoms with Gasteiger partial charge >= 0.3 is 12.0 Å². The van der Waals surface area contributed by atoms with Gasteiger partial charge in [0.2, 0.25) is 5.91 Å². The predicted molar refractivity (Wildman–Crippen MR) is 76.7 cm³/mol. The summed E-state index contributed by atoms with van der Waals surface area (Å²) in [5, 5.41) is 11.5.